The van der Waals surface area contributed by atoms with Crippen molar-refractivity contribution < 1.29 is 4.39 Å². The number of rotatable bonds is 1. The first-order chi connectivity index (χ1) is 9.37. The molecule has 0 fully saturated rings. The van der Waals surface area contributed by atoms with E-state index in [1.165, 1.54) is 17.3 Å². The van der Waals surface area contributed by atoms with Crippen molar-refractivity contribution in [2.45, 2.75) is 39.7 Å². The zero-order valence-electron chi connectivity index (χ0n) is 12.3. The Morgan fingerprint density at radius 3 is 2.80 bits per heavy atom. The average molecular weight is 272 g/mol. The molecule has 1 aliphatic rings. The Labute approximate surface area is 119 Å². The van der Waals surface area contributed by atoms with E-state index < -0.39 is 0 Å². The quantitative estimate of drug-likeness (QED) is 0.838. The Morgan fingerprint density at radius 1 is 1.30 bits per heavy atom. The fourth-order valence-electron chi connectivity index (χ4n) is 3.30. The van der Waals surface area contributed by atoms with Crippen LogP contribution in [0.3, 0.4) is 0 Å². The maximum Gasteiger partial charge on any atom is 0.125 e. The lowest BCUT2D eigenvalue weighted by molar-refractivity contribution is 0.278. The van der Waals surface area contributed by atoms with Gasteiger partial charge >= 0.3 is 0 Å². The Kier molecular flexibility index (Phi) is 2.98. The molecule has 0 saturated heterocycles. The predicted octanol–water partition coefficient (Wildman–Crippen LogP) is 3.90. The molecule has 0 bridgehead atoms. The molecule has 2 N–H and O–H groups in total. The molecule has 3 heteroatoms. The van der Waals surface area contributed by atoms with Crippen LogP contribution in [0.4, 0.5) is 4.39 Å². The van der Waals surface area contributed by atoms with Gasteiger partial charge in [0.15, 0.2) is 0 Å². The molecule has 2 aromatic rings. The summed E-state index contributed by atoms with van der Waals surface area (Å²) in [4.78, 5) is 0. The van der Waals surface area contributed by atoms with Crippen molar-refractivity contribution in [3.8, 4) is 5.69 Å². The van der Waals surface area contributed by atoms with Gasteiger partial charge < -0.3 is 10.3 Å². The third kappa shape index (κ3) is 2.16. The van der Waals surface area contributed by atoms with Gasteiger partial charge in [0.25, 0.3) is 0 Å². The standard InChI is InChI=1S/C17H21FN2/c1-11-4-5-12(18)8-15(11)20-7-6-13-14(19)9-17(2,3)10-16(13)20/h4-8,14H,9-10,19H2,1-3H3. The van der Waals surface area contributed by atoms with E-state index in [-0.39, 0.29) is 17.3 Å². The number of hydrogen-bond donors (Lipinski definition) is 1. The van der Waals surface area contributed by atoms with Crippen LogP contribution in [0.25, 0.3) is 5.69 Å². The van der Waals surface area contributed by atoms with Crippen molar-refractivity contribution in [3.05, 3.63) is 53.1 Å². The van der Waals surface area contributed by atoms with Crippen LogP contribution in [0.1, 0.15) is 43.1 Å². The van der Waals surface area contributed by atoms with Crippen LogP contribution in [-0.4, -0.2) is 4.57 Å². The fraction of sp³-hybridized carbons (Fsp3) is 0.412. The minimum atomic E-state index is -0.201. The van der Waals surface area contributed by atoms with E-state index in [0.717, 1.165) is 24.1 Å². The molecule has 0 aliphatic heterocycles. The number of nitrogens with two attached hydrogens (primary N) is 1. The minimum absolute atomic E-state index is 0.0730. The summed E-state index contributed by atoms with van der Waals surface area (Å²) in [5, 5.41) is 0. The van der Waals surface area contributed by atoms with Gasteiger partial charge in [-0.2, -0.15) is 0 Å². The first-order valence-electron chi connectivity index (χ1n) is 7.10. The van der Waals surface area contributed by atoms with Crippen molar-refractivity contribution in [1.29, 1.82) is 0 Å². The van der Waals surface area contributed by atoms with Crippen molar-refractivity contribution in [2.24, 2.45) is 11.1 Å². The maximum atomic E-state index is 13.6. The molecule has 20 heavy (non-hydrogen) atoms. The molecule has 1 unspecified atom stereocenters. The lowest BCUT2D eigenvalue weighted by atomic mass is 9.74. The van der Waals surface area contributed by atoms with Crippen LogP contribution < -0.4 is 5.73 Å². The zero-order chi connectivity index (χ0) is 14.5. The molecule has 2 nitrogen and oxygen atoms in total. The second-order valence-electron chi connectivity index (χ2n) is 6.67. The van der Waals surface area contributed by atoms with Crippen LogP contribution in [0.2, 0.25) is 0 Å². The highest BCUT2D eigenvalue weighted by molar-refractivity contribution is 5.46. The third-order valence-electron chi connectivity index (χ3n) is 4.28. The number of halogens is 1. The van der Waals surface area contributed by atoms with Crippen LogP contribution in [-0.2, 0) is 6.42 Å². The zero-order valence-corrected chi connectivity index (χ0v) is 12.3. The molecule has 1 atom stereocenters. The first-order valence-corrected chi connectivity index (χ1v) is 7.10. The fourth-order valence-corrected chi connectivity index (χ4v) is 3.30. The maximum absolute atomic E-state index is 13.6. The predicted molar refractivity (Wildman–Crippen MR) is 79.5 cm³/mol. The van der Waals surface area contributed by atoms with E-state index >= 15 is 0 Å². The molecule has 1 heterocycles. The molecule has 1 aliphatic carbocycles. The van der Waals surface area contributed by atoms with E-state index in [1.807, 2.05) is 19.2 Å². The number of hydrogen-bond acceptors (Lipinski definition) is 1. The van der Waals surface area contributed by atoms with Crippen molar-refractivity contribution in [1.82, 2.24) is 4.57 Å². The van der Waals surface area contributed by atoms with Gasteiger partial charge in [-0.3, -0.25) is 0 Å². The van der Waals surface area contributed by atoms with Crippen LogP contribution in [0, 0.1) is 18.2 Å². The Balaban J connectivity index is 2.16. The highest BCUT2D eigenvalue weighted by atomic mass is 19.1. The molecular formula is C17H21FN2. The summed E-state index contributed by atoms with van der Waals surface area (Å²) in [5.74, 6) is -0.201. The molecule has 0 radical (unpaired) electrons. The summed E-state index contributed by atoms with van der Waals surface area (Å²) >= 11 is 0. The minimum Gasteiger partial charge on any atom is -0.324 e. The van der Waals surface area contributed by atoms with Crippen molar-refractivity contribution >= 4 is 0 Å². The lowest BCUT2D eigenvalue weighted by Crippen LogP contribution is -2.30. The molecule has 1 aromatic heterocycles. The van der Waals surface area contributed by atoms with Gasteiger partial charge in [-0.05, 0) is 54.5 Å². The Morgan fingerprint density at radius 2 is 2.05 bits per heavy atom. The highest BCUT2D eigenvalue weighted by Crippen LogP contribution is 2.41. The largest absolute Gasteiger partial charge is 0.324 e. The lowest BCUT2D eigenvalue weighted by Gasteiger charge is -2.34. The van der Waals surface area contributed by atoms with Crippen LogP contribution in [0.5, 0.6) is 0 Å². The SMILES string of the molecule is Cc1ccc(F)cc1-n1ccc2c1CC(C)(C)CC2N. The van der Waals surface area contributed by atoms with E-state index in [1.54, 1.807) is 6.07 Å². The van der Waals surface area contributed by atoms with E-state index in [9.17, 15) is 4.39 Å². The second kappa shape index (κ2) is 4.45. The Bertz CT molecular complexity index is 655. The summed E-state index contributed by atoms with van der Waals surface area (Å²) in [6.07, 6.45) is 3.98. The monoisotopic (exact) mass is 272 g/mol. The molecular weight excluding hydrogens is 251 g/mol. The van der Waals surface area contributed by atoms with Crippen LogP contribution in [0.15, 0.2) is 30.5 Å². The molecule has 106 valence electrons. The van der Waals surface area contributed by atoms with Crippen molar-refractivity contribution in [3.63, 3.8) is 0 Å². The van der Waals surface area contributed by atoms with E-state index in [4.69, 9.17) is 5.73 Å². The molecule has 0 amide bonds. The summed E-state index contributed by atoms with van der Waals surface area (Å²) in [6, 6.07) is 7.08. The summed E-state index contributed by atoms with van der Waals surface area (Å²) in [6.45, 7) is 6.49. The molecule has 0 spiro atoms. The summed E-state index contributed by atoms with van der Waals surface area (Å²) < 4.78 is 15.7. The number of fused-ring (bicyclic) bond motifs is 1. The molecule has 3 rings (SSSR count). The third-order valence-corrected chi connectivity index (χ3v) is 4.28. The normalized spacial score (nSPS) is 20.8. The summed E-state index contributed by atoms with van der Waals surface area (Å²) in [5.41, 5.74) is 10.9. The first kappa shape index (κ1) is 13.4. The summed E-state index contributed by atoms with van der Waals surface area (Å²) in [7, 11) is 0. The Hall–Kier alpha value is -1.61. The number of benzene rings is 1. The van der Waals surface area contributed by atoms with E-state index in [2.05, 4.69) is 24.5 Å². The van der Waals surface area contributed by atoms with Gasteiger partial charge in [0.1, 0.15) is 5.82 Å². The molecule has 1 aromatic carbocycles. The average Bonchev–Trinajstić information content (AvgIpc) is 2.74. The van der Waals surface area contributed by atoms with Gasteiger partial charge in [0.2, 0.25) is 0 Å². The van der Waals surface area contributed by atoms with Gasteiger partial charge in [0.05, 0.1) is 5.69 Å². The van der Waals surface area contributed by atoms with E-state index in [0.29, 0.717) is 0 Å². The van der Waals surface area contributed by atoms with Crippen LogP contribution >= 0.6 is 0 Å². The smallest absolute Gasteiger partial charge is 0.125 e. The molecule has 0 saturated carbocycles. The number of aromatic nitrogens is 1. The van der Waals surface area contributed by atoms with Gasteiger partial charge in [0, 0.05) is 17.9 Å². The van der Waals surface area contributed by atoms with Gasteiger partial charge in [-0.25, -0.2) is 4.39 Å². The van der Waals surface area contributed by atoms with Crippen molar-refractivity contribution in [2.75, 3.05) is 0 Å². The van der Waals surface area contributed by atoms with Gasteiger partial charge in [-0.15, -0.1) is 0 Å². The van der Waals surface area contributed by atoms with Gasteiger partial charge in [-0.1, -0.05) is 19.9 Å². The number of aryl methyl sites for hydroxylation is 1. The number of nitrogens with zero attached hydrogens (tertiary/aromatic N) is 1. The second-order valence-corrected chi connectivity index (χ2v) is 6.67. The highest BCUT2D eigenvalue weighted by Gasteiger charge is 2.32. The topological polar surface area (TPSA) is 30.9 Å².